The maximum atomic E-state index is 13.0. The Bertz CT molecular complexity index is 1400. The van der Waals surface area contributed by atoms with Gasteiger partial charge in [-0.1, -0.05) is 30.3 Å². The average Bonchev–Trinajstić information content (AvgIpc) is 3.30. The summed E-state index contributed by atoms with van der Waals surface area (Å²) in [6, 6.07) is 23.4. The lowest BCUT2D eigenvalue weighted by Gasteiger charge is -2.37. The van der Waals surface area contributed by atoms with Gasteiger partial charge in [0.2, 0.25) is 0 Å². The Morgan fingerprint density at radius 2 is 1.51 bits per heavy atom. The highest BCUT2D eigenvalue weighted by Crippen LogP contribution is 2.26. The van der Waals surface area contributed by atoms with E-state index in [1.165, 1.54) is 5.56 Å². The van der Waals surface area contributed by atoms with Crippen molar-refractivity contribution in [1.29, 1.82) is 0 Å². The first-order chi connectivity index (χ1) is 17.9. The summed E-state index contributed by atoms with van der Waals surface area (Å²) in [6.45, 7) is 9.55. The number of ketones is 1. The van der Waals surface area contributed by atoms with Gasteiger partial charge in [-0.25, -0.2) is 4.98 Å². The maximum Gasteiger partial charge on any atom is 0.298 e. The van der Waals surface area contributed by atoms with E-state index in [0.717, 1.165) is 60.2 Å². The number of carbonyl (C=O) groups excluding carboxylic acids is 2. The van der Waals surface area contributed by atoms with E-state index < -0.39 is 11.7 Å². The van der Waals surface area contributed by atoms with E-state index in [-0.39, 0.29) is 0 Å². The minimum Gasteiger partial charge on any atom is -0.368 e. The van der Waals surface area contributed by atoms with Gasteiger partial charge in [0, 0.05) is 54.5 Å². The number of pyridine rings is 1. The topological polar surface area (TPSA) is 81.3 Å². The van der Waals surface area contributed by atoms with Crippen LogP contribution in [0.5, 0.6) is 0 Å². The van der Waals surface area contributed by atoms with Crippen molar-refractivity contribution in [1.82, 2.24) is 9.97 Å². The quantitative estimate of drug-likeness (QED) is 0.287. The number of nitrogens with one attached hydrogen (secondary N) is 2. The molecule has 1 amide bonds. The molecule has 0 radical (unpaired) electrons. The predicted molar refractivity (Wildman–Crippen MR) is 149 cm³/mol. The summed E-state index contributed by atoms with van der Waals surface area (Å²) >= 11 is 0. The van der Waals surface area contributed by atoms with Crippen LogP contribution >= 0.6 is 0 Å². The van der Waals surface area contributed by atoms with E-state index in [2.05, 4.69) is 39.2 Å². The summed E-state index contributed by atoms with van der Waals surface area (Å²) in [5.74, 6) is -0.221. The Morgan fingerprint density at radius 1 is 0.838 bits per heavy atom. The molecule has 1 saturated heterocycles. The van der Waals surface area contributed by atoms with E-state index in [1.807, 2.05) is 74.5 Å². The lowest BCUT2D eigenvalue weighted by Crippen LogP contribution is -2.46. The third kappa shape index (κ3) is 5.40. The zero-order valence-electron chi connectivity index (χ0n) is 21.4. The Balaban J connectivity index is 1.21. The third-order valence-corrected chi connectivity index (χ3v) is 6.65. The van der Waals surface area contributed by atoms with Crippen LogP contribution in [0.15, 0.2) is 72.8 Å². The summed E-state index contributed by atoms with van der Waals surface area (Å²) in [5, 5.41) is 2.75. The molecule has 0 spiro atoms. The predicted octanol–water partition coefficient (Wildman–Crippen LogP) is 5.15. The molecule has 4 aromatic rings. The molecule has 188 valence electrons. The molecule has 0 unspecified atom stereocenters. The number of Topliss-reactive ketones (excluding diaryl/α,β-unsaturated/α-hetero) is 1. The summed E-state index contributed by atoms with van der Waals surface area (Å²) in [7, 11) is 0. The van der Waals surface area contributed by atoms with E-state index >= 15 is 0 Å². The smallest absolute Gasteiger partial charge is 0.298 e. The monoisotopic (exact) mass is 493 g/mol. The fraction of sp³-hybridized carbons (Fsp3) is 0.233. The molecule has 5 rings (SSSR count). The summed E-state index contributed by atoms with van der Waals surface area (Å²) < 4.78 is 0. The van der Waals surface area contributed by atoms with Crippen LogP contribution in [0.4, 0.5) is 17.2 Å². The number of aromatic amines is 1. The number of hydrogen-bond acceptors (Lipinski definition) is 5. The molecule has 7 heteroatoms. The van der Waals surface area contributed by atoms with Gasteiger partial charge in [0.25, 0.3) is 11.7 Å². The molecule has 1 fully saturated rings. The largest absolute Gasteiger partial charge is 0.368 e. The van der Waals surface area contributed by atoms with Gasteiger partial charge >= 0.3 is 0 Å². The minimum atomic E-state index is -0.665. The fourth-order valence-electron chi connectivity index (χ4n) is 4.85. The second kappa shape index (κ2) is 10.3. The van der Waals surface area contributed by atoms with Crippen LogP contribution in [0, 0.1) is 20.8 Å². The molecule has 1 aliphatic heterocycles. The van der Waals surface area contributed by atoms with Crippen LogP contribution in [-0.4, -0.2) is 47.8 Å². The van der Waals surface area contributed by atoms with Crippen molar-refractivity contribution in [3.05, 3.63) is 95.4 Å². The van der Waals surface area contributed by atoms with Gasteiger partial charge in [-0.3, -0.25) is 9.59 Å². The summed E-state index contributed by atoms with van der Waals surface area (Å²) in [4.78, 5) is 38.2. The maximum absolute atomic E-state index is 13.0. The Hall–Kier alpha value is -4.39. The van der Waals surface area contributed by atoms with Gasteiger partial charge in [-0.15, -0.1) is 0 Å². The van der Waals surface area contributed by atoms with Gasteiger partial charge in [0.1, 0.15) is 11.5 Å². The highest BCUT2D eigenvalue weighted by Gasteiger charge is 2.23. The molecule has 0 saturated carbocycles. The normalized spacial score (nSPS) is 13.5. The van der Waals surface area contributed by atoms with E-state index in [0.29, 0.717) is 11.4 Å². The molecule has 2 aromatic heterocycles. The van der Waals surface area contributed by atoms with Crippen molar-refractivity contribution in [3.63, 3.8) is 0 Å². The molecule has 0 bridgehead atoms. The van der Waals surface area contributed by atoms with Crippen molar-refractivity contribution in [3.8, 4) is 11.1 Å². The first-order valence-corrected chi connectivity index (χ1v) is 12.5. The van der Waals surface area contributed by atoms with Crippen LogP contribution in [0.3, 0.4) is 0 Å². The first-order valence-electron chi connectivity index (χ1n) is 12.5. The first kappa shape index (κ1) is 24.3. The van der Waals surface area contributed by atoms with Crippen molar-refractivity contribution in [2.75, 3.05) is 41.3 Å². The van der Waals surface area contributed by atoms with Crippen molar-refractivity contribution < 1.29 is 9.59 Å². The standard InChI is InChI=1S/C30H31N5O2/c1-20-17-21(2)31-27(18-20)35-15-13-34(14-16-35)25-11-9-24(10-12-25)33-30(37)29(36)28-26(19-22(3)32-28)23-7-5-4-6-8-23/h4-12,17-19,32H,13-16H2,1-3H3,(H,33,37). The lowest BCUT2D eigenvalue weighted by atomic mass is 10.0. The SMILES string of the molecule is Cc1cc(C)nc(N2CCN(c3ccc(NC(=O)C(=O)c4[nH]c(C)cc4-c4ccccc4)cc3)CC2)c1. The highest BCUT2D eigenvalue weighted by molar-refractivity contribution is 6.47. The molecule has 2 aromatic carbocycles. The number of anilines is 3. The van der Waals surface area contributed by atoms with Crippen LogP contribution in [0.25, 0.3) is 11.1 Å². The Kier molecular flexibility index (Phi) is 6.77. The van der Waals surface area contributed by atoms with Gasteiger partial charge in [0.15, 0.2) is 0 Å². The number of amides is 1. The molecule has 7 nitrogen and oxygen atoms in total. The third-order valence-electron chi connectivity index (χ3n) is 6.65. The molecule has 0 atom stereocenters. The van der Waals surface area contributed by atoms with Crippen LogP contribution in [0.1, 0.15) is 27.4 Å². The number of aromatic nitrogens is 2. The van der Waals surface area contributed by atoms with E-state index in [9.17, 15) is 9.59 Å². The van der Waals surface area contributed by atoms with E-state index in [1.54, 1.807) is 0 Å². The number of H-pyrrole nitrogens is 1. The molecule has 2 N–H and O–H groups in total. The average molecular weight is 494 g/mol. The van der Waals surface area contributed by atoms with E-state index in [4.69, 9.17) is 4.98 Å². The number of aryl methyl sites for hydroxylation is 3. The van der Waals surface area contributed by atoms with Gasteiger partial charge < -0.3 is 20.1 Å². The number of carbonyl (C=O) groups is 2. The van der Waals surface area contributed by atoms with Crippen molar-refractivity contribution >= 4 is 28.9 Å². The van der Waals surface area contributed by atoms with Crippen LogP contribution in [-0.2, 0) is 4.79 Å². The van der Waals surface area contributed by atoms with Gasteiger partial charge in [0.05, 0.1) is 0 Å². The minimum absolute atomic E-state index is 0.300. The molecule has 0 aliphatic carbocycles. The number of piperazine rings is 1. The zero-order valence-corrected chi connectivity index (χ0v) is 21.4. The fourth-order valence-corrected chi connectivity index (χ4v) is 4.85. The number of benzene rings is 2. The molecular weight excluding hydrogens is 462 g/mol. The van der Waals surface area contributed by atoms with Gasteiger partial charge in [-0.05, 0) is 74.4 Å². The summed E-state index contributed by atoms with van der Waals surface area (Å²) in [6.07, 6.45) is 0. The second-order valence-electron chi connectivity index (χ2n) is 9.56. The molecule has 1 aliphatic rings. The Labute approximate surface area is 217 Å². The second-order valence-corrected chi connectivity index (χ2v) is 9.56. The Morgan fingerprint density at radius 3 is 2.19 bits per heavy atom. The zero-order chi connectivity index (χ0) is 25.9. The van der Waals surface area contributed by atoms with Crippen molar-refractivity contribution in [2.24, 2.45) is 0 Å². The van der Waals surface area contributed by atoms with Crippen LogP contribution < -0.4 is 15.1 Å². The van der Waals surface area contributed by atoms with Gasteiger partial charge in [-0.2, -0.15) is 0 Å². The molecular formula is C30H31N5O2. The molecule has 37 heavy (non-hydrogen) atoms. The number of rotatable bonds is 6. The van der Waals surface area contributed by atoms with Crippen molar-refractivity contribution in [2.45, 2.75) is 20.8 Å². The number of hydrogen-bond donors (Lipinski definition) is 2. The highest BCUT2D eigenvalue weighted by atomic mass is 16.2. The number of nitrogens with zero attached hydrogens (tertiary/aromatic N) is 3. The molecule has 3 heterocycles. The summed E-state index contributed by atoms with van der Waals surface area (Å²) in [5.41, 5.74) is 6.68. The lowest BCUT2D eigenvalue weighted by molar-refractivity contribution is -0.112. The van der Waals surface area contributed by atoms with Crippen LogP contribution in [0.2, 0.25) is 0 Å².